The number of hydrogen-bond donors (Lipinski definition) is 1. The minimum atomic E-state index is -2.93. The van der Waals surface area contributed by atoms with Gasteiger partial charge in [-0.2, -0.15) is 0 Å². The second kappa shape index (κ2) is 3.47. The molecule has 0 atom stereocenters. The van der Waals surface area contributed by atoms with Gasteiger partial charge in [-0.3, -0.25) is 9.59 Å². The molecule has 0 radical (unpaired) electrons. The summed E-state index contributed by atoms with van der Waals surface area (Å²) < 4.78 is 24.6. The Balaban J connectivity index is 3.50. The van der Waals surface area contributed by atoms with E-state index < -0.39 is 17.4 Å². The summed E-state index contributed by atoms with van der Waals surface area (Å²) in [5, 5.41) is 0. The van der Waals surface area contributed by atoms with Crippen molar-refractivity contribution in [1.29, 1.82) is 0 Å². The molecule has 70 valence electrons. The number of halogens is 2. The van der Waals surface area contributed by atoms with E-state index in [-0.39, 0.29) is 17.5 Å². The molecule has 0 bridgehead atoms. The lowest BCUT2D eigenvalue weighted by Crippen LogP contribution is -2.16. The van der Waals surface area contributed by atoms with Gasteiger partial charge in [0.1, 0.15) is 0 Å². The van der Waals surface area contributed by atoms with Crippen molar-refractivity contribution >= 4 is 6.29 Å². The highest BCUT2D eigenvalue weighted by molar-refractivity contribution is 5.74. The Kier molecular flexibility index (Phi) is 2.55. The summed E-state index contributed by atoms with van der Waals surface area (Å²) in [4.78, 5) is 23.8. The number of carbonyl (C=O) groups excluding carboxylic acids is 1. The van der Waals surface area contributed by atoms with Crippen molar-refractivity contribution in [2.45, 2.75) is 13.3 Å². The maximum absolute atomic E-state index is 12.3. The normalized spacial score (nSPS) is 10.5. The molecule has 0 saturated heterocycles. The summed E-state index contributed by atoms with van der Waals surface area (Å²) in [5.74, 6) is 0. The first-order chi connectivity index (χ1) is 6.07. The molecule has 13 heavy (non-hydrogen) atoms. The van der Waals surface area contributed by atoms with E-state index in [1.807, 2.05) is 0 Å². The molecule has 0 fully saturated rings. The molecule has 1 heterocycles. The van der Waals surface area contributed by atoms with Gasteiger partial charge < -0.3 is 4.98 Å². The highest BCUT2D eigenvalue weighted by Gasteiger charge is 2.18. The highest BCUT2D eigenvalue weighted by atomic mass is 19.3. The molecule has 0 saturated carbocycles. The van der Waals surface area contributed by atoms with Crippen molar-refractivity contribution in [3.05, 3.63) is 33.2 Å². The van der Waals surface area contributed by atoms with Gasteiger partial charge in [-0.15, -0.1) is 0 Å². The Hall–Kier alpha value is -1.52. The fourth-order valence-corrected chi connectivity index (χ4v) is 0.978. The summed E-state index contributed by atoms with van der Waals surface area (Å²) >= 11 is 0. The van der Waals surface area contributed by atoms with Gasteiger partial charge in [-0.05, 0) is 6.92 Å². The quantitative estimate of drug-likeness (QED) is 0.712. The van der Waals surface area contributed by atoms with Crippen LogP contribution in [0, 0.1) is 6.92 Å². The minimum absolute atomic E-state index is 0.168. The van der Waals surface area contributed by atoms with Crippen LogP contribution in [0.3, 0.4) is 0 Å². The van der Waals surface area contributed by atoms with Crippen LogP contribution in [0.4, 0.5) is 8.78 Å². The number of aldehydes is 1. The van der Waals surface area contributed by atoms with Crippen LogP contribution in [0.2, 0.25) is 0 Å². The van der Waals surface area contributed by atoms with E-state index in [0.717, 1.165) is 0 Å². The summed E-state index contributed by atoms with van der Waals surface area (Å²) in [6, 6.07) is 0. The van der Waals surface area contributed by atoms with Crippen LogP contribution in [-0.2, 0) is 0 Å². The van der Waals surface area contributed by atoms with E-state index in [9.17, 15) is 18.4 Å². The first-order valence-electron chi connectivity index (χ1n) is 3.53. The van der Waals surface area contributed by atoms with Gasteiger partial charge in [0, 0.05) is 11.8 Å². The Morgan fingerprint density at radius 3 is 2.62 bits per heavy atom. The zero-order chi connectivity index (χ0) is 10.0. The Bertz CT molecular complexity index is 384. The van der Waals surface area contributed by atoms with Gasteiger partial charge in [-0.25, -0.2) is 8.78 Å². The Labute approximate surface area is 72.4 Å². The van der Waals surface area contributed by atoms with E-state index in [1.165, 1.54) is 13.1 Å². The summed E-state index contributed by atoms with van der Waals surface area (Å²) in [7, 11) is 0. The monoisotopic (exact) mass is 187 g/mol. The van der Waals surface area contributed by atoms with E-state index >= 15 is 0 Å². The van der Waals surface area contributed by atoms with Gasteiger partial charge >= 0.3 is 0 Å². The van der Waals surface area contributed by atoms with Crippen LogP contribution in [0.5, 0.6) is 0 Å². The number of alkyl halides is 2. The lowest BCUT2D eigenvalue weighted by molar-refractivity contribution is 0.110. The lowest BCUT2D eigenvalue weighted by atomic mass is 10.1. The number of rotatable bonds is 2. The molecule has 0 spiro atoms. The van der Waals surface area contributed by atoms with Gasteiger partial charge in [-0.1, -0.05) is 0 Å². The summed E-state index contributed by atoms with van der Waals surface area (Å²) in [6.07, 6.45) is -1.48. The number of hydrogen-bond acceptors (Lipinski definition) is 2. The molecule has 5 heteroatoms. The highest BCUT2D eigenvalue weighted by Crippen LogP contribution is 2.16. The lowest BCUT2D eigenvalue weighted by Gasteiger charge is -2.02. The first kappa shape index (κ1) is 9.57. The van der Waals surface area contributed by atoms with E-state index in [1.54, 1.807) is 0 Å². The van der Waals surface area contributed by atoms with E-state index in [2.05, 4.69) is 4.98 Å². The molecule has 0 aliphatic heterocycles. The van der Waals surface area contributed by atoms with Gasteiger partial charge in [0.05, 0.1) is 11.3 Å². The van der Waals surface area contributed by atoms with Crippen molar-refractivity contribution in [3.8, 4) is 0 Å². The van der Waals surface area contributed by atoms with Gasteiger partial charge in [0.15, 0.2) is 11.7 Å². The second-order valence-corrected chi connectivity index (χ2v) is 2.55. The number of aromatic amines is 1. The predicted octanol–water partition coefficient (Wildman–Crippen LogP) is 1.43. The molecule has 0 aromatic carbocycles. The average Bonchev–Trinajstić information content (AvgIpc) is 2.08. The van der Waals surface area contributed by atoms with Crippen molar-refractivity contribution in [2.75, 3.05) is 0 Å². The Morgan fingerprint density at radius 2 is 2.15 bits per heavy atom. The standard InChI is InChI=1S/C8H7F2NO2/c1-4-2-11-5(3-12)6(7(4)13)8(9)10/h2-3,8H,1H3,(H,11,13). The number of aryl methyl sites for hydroxylation is 1. The van der Waals surface area contributed by atoms with E-state index in [4.69, 9.17) is 0 Å². The summed E-state index contributed by atoms with van der Waals surface area (Å²) in [6.45, 7) is 1.40. The third-order valence-electron chi connectivity index (χ3n) is 1.67. The maximum atomic E-state index is 12.3. The fraction of sp³-hybridized carbons (Fsp3) is 0.250. The number of carbonyl (C=O) groups is 1. The average molecular weight is 187 g/mol. The largest absolute Gasteiger partial charge is 0.358 e. The molecular formula is C8H7F2NO2. The minimum Gasteiger partial charge on any atom is -0.358 e. The molecule has 0 aliphatic rings. The molecule has 0 unspecified atom stereocenters. The molecule has 1 aromatic rings. The van der Waals surface area contributed by atoms with Gasteiger partial charge in [0.25, 0.3) is 6.43 Å². The Morgan fingerprint density at radius 1 is 1.54 bits per heavy atom. The zero-order valence-corrected chi connectivity index (χ0v) is 6.80. The SMILES string of the molecule is Cc1c[nH]c(C=O)c(C(F)F)c1=O. The fourth-order valence-electron chi connectivity index (χ4n) is 0.978. The third-order valence-corrected chi connectivity index (χ3v) is 1.67. The van der Waals surface area contributed by atoms with E-state index in [0.29, 0.717) is 0 Å². The molecular weight excluding hydrogens is 180 g/mol. The van der Waals surface area contributed by atoms with Crippen LogP contribution < -0.4 is 5.43 Å². The number of aromatic nitrogens is 1. The second-order valence-electron chi connectivity index (χ2n) is 2.55. The molecule has 3 nitrogen and oxygen atoms in total. The number of H-pyrrole nitrogens is 1. The molecule has 1 N–H and O–H groups in total. The van der Waals surface area contributed by atoms with Gasteiger partial charge in [0.2, 0.25) is 0 Å². The molecule has 1 aromatic heterocycles. The van der Waals surface area contributed by atoms with Crippen LogP contribution >= 0.6 is 0 Å². The van der Waals surface area contributed by atoms with Crippen molar-refractivity contribution in [2.24, 2.45) is 0 Å². The van der Waals surface area contributed by atoms with Crippen molar-refractivity contribution < 1.29 is 13.6 Å². The third kappa shape index (κ3) is 1.63. The topological polar surface area (TPSA) is 49.9 Å². The van der Waals surface area contributed by atoms with Crippen LogP contribution in [0.1, 0.15) is 28.0 Å². The number of pyridine rings is 1. The molecule has 0 aliphatic carbocycles. The zero-order valence-electron chi connectivity index (χ0n) is 6.80. The van der Waals surface area contributed by atoms with Crippen LogP contribution in [0.15, 0.2) is 11.0 Å². The summed E-state index contributed by atoms with van der Waals surface area (Å²) in [5.41, 5.74) is -1.72. The molecule has 0 amide bonds. The van der Waals surface area contributed by atoms with Crippen molar-refractivity contribution in [3.63, 3.8) is 0 Å². The predicted molar refractivity (Wildman–Crippen MR) is 42.1 cm³/mol. The maximum Gasteiger partial charge on any atom is 0.269 e. The smallest absolute Gasteiger partial charge is 0.269 e. The first-order valence-corrected chi connectivity index (χ1v) is 3.53. The van der Waals surface area contributed by atoms with Crippen LogP contribution in [-0.4, -0.2) is 11.3 Å². The molecule has 1 rings (SSSR count). The number of nitrogens with one attached hydrogen (secondary N) is 1. The van der Waals surface area contributed by atoms with Crippen LogP contribution in [0.25, 0.3) is 0 Å². The van der Waals surface area contributed by atoms with Crippen molar-refractivity contribution in [1.82, 2.24) is 4.98 Å².